The predicted octanol–water partition coefficient (Wildman–Crippen LogP) is 9.92. The van der Waals surface area contributed by atoms with Crippen LogP contribution in [-0.4, -0.2) is 36.8 Å². The Morgan fingerprint density at radius 3 is 0.725 bits per heavy atom. The van der Waals surface area contributed by atoms with Crippen molar-refractivity contribution in [3.8, 4) is 0 Å². The van der Waals surface area contributed by atoms with E-state index >= 15 is 0 Å². The van der Waals surface area contributed by atoms with Crippen molar-refractivity contribution in [3.05, 3.63) is 97.1 Å². The van der Waals surface area contributed by atoms with Crippen LogP contribution in [0.15, 0.2) is 97.1 Å². The molecule has 0 spiro atoms. The second-order valence-electron chi connectivity index (χ2n) is 10.4. The molecule has 2 aliphatic heterocycles. The van der Waals surface area contributed by atoms with Crippen LogP contribution in [0.3, 0.4) is 0 Å². The average Bonchev–Trinajstić information content (AvgIpc) is 3.01. The second kappa shape index (κ2) is 12.7. The van der Waals surface area contributed by atoms with E-state index in [2.05, 4.69) is 149 Å². The number of hydrogen-bond donors (Lipinski definition) is 0. The fraction of sp³-hybridized carbons (Fsp3) is 0.294. The number of fused-ring (bicyclic) bond motifs is 4. The molecule has 0 fully saturated rings. The molecule has 0 atom stereocenters. The maximum absolute atomic E-state index is 3.63. The van der Waals surface area contributed by atoms with Crippen LogP contribution in [0.25, 0.3) is 0 Å². The highest BCUT2D eigenvalue weighted by molar-refractivity contribution is 9.09. The molecule has 0 radical (unpaired) electrons. The van der Waals surface area contributed by atoms with Crippen LogP contribution in [0.1, 0.15) is 25.7 Å². The zero-order valence-corrected chi connectivity index (χ0v) is 26.0. The molecule has 0 aliphatic carbocycles. The standard InChI is InChI=1S/C34H36Br2N4/c35-21-11-25-39-31-17-5-1-13-27(31)37(28-14-2-6-18-32(28)39)23-9-10-24-38-29-15-3-7-19-33(29)40(26-12-22-36)34-20-8-4-16-30(34)38/h1-8,13-20H,9-12,21-26H2. The van der Waals surface area contributed by atoms with Crippen molar-refractivity contribution in [3.63, 3.8) is 0 Å². The molecule has 0 N–H and O–H groups in total. The Hall–Kier alpha value is -2.96. The molecule has 40 heavy (non-hydrogen) atoms. The van der Waals surface area contributed by atoms with Gasteiger partial charge in [-0.2, -0.15) is 0 Å². The van der Waals surface area contributed by atoms with Crippen molar-refractivity contribution in [1.82, 2.24) is 0 Å². The number of unbranched alkanes of at least 4 members (excludes halogenated alkanes) is 1. The summed E-state index contributed by atoms with van der Waals surface area (Å²) < 4.78 is 0. The molecule has 0 unspecified atom stereocenters. The molecule has 0 bridgehead atoms. The Balaban J connectivity index is 1.22. The molecule has 4 aromatic carbocycles. The fourth-order valence-electron chi connectivity index (χ4n) is 6.14. The molecule has 0 amide bonds. The van der Waals surface area contributed by atoms with Crippen molar-refractivity contribution in [2.24, 2.45) is 0 Å². The lowest BCUT2D eigenvalue weighted by molar-refractivity contribution is 0.723. The van der Waals surface area contributed by atoms with E-state index in [0.29, 0.717) is 0 Å². The molecule has 6 rings (SSSR count). The molecule has 0 saturated carbocycles. The monoisotopic (exact) mass is 658 g/mol. The fourth-order valence-corrected chi connectivity index (χ4v) is 6.64. The van der Waals surface area contributed by atoms with Gasteiger partial charge in [0.15, 0.2) is 0 Å². The Morgan fingerprint density at radius 1 is 0.325 bits per heavy atom. The number of nitrogens with zero attached hydrogens (tertiary/aromatic N) is 4. The summed E-state index contributed by atoms with van der Waals surface area (Å²) in [5, 5.41) is 2.02. The van der Waals surface area contributed by atoms with Gasteiger partial charge in [0.25, 0.3) is 0 Å². The summed E-state index contributed by atoms with van der Waals surface area (Å²) in [7, 11) is 0. The Bertz CT molecular complexity index is 1240. The smallest absolute Gasteiger partial charge is 0.0652 e. The third-order valence-corrected chi connectivity index (χ3v) is 9.02. The first kappa shape index (κ1) is 27.2. The zero-order valence-electron chi connectivity index (χ0n) is 22.9. The molecule has 2 aliphatic rings. The number of hydrogen-bond acceptors (Lipinski definition) is 4. The highest BCUT2D eigenvalue weighted by Gasteiger charge is 2.29. The normalized spacial score (nSPS) is 13.6. The molecule has 0 aromatic heterocycles. The van der Waals surface area contributed by atoms with Crippen molar-refractivity contribution in [2.45, 2.75) is 25.7 Å². The molecule has 4 aromatic rings. The summed E-state index contributed by atoms with van der Waals surface area (Å²) in [5.41, 5.74) is 10.5. The topological polar surface area (TPSA) is 13.0 Å². The SMILES string of the molecule is BrCCCN1c2ccccc2N(CCCCN2c3ccccc3N(CCCBr)c3ccccc32)c2ccccc21. The molecular weight excluding hydrogens is 624 g/mol. The van der Waals surface area contributed by atoms with Gasteiger partial charge >= 0.3 is 0 Å². The summed E-state index contributed by atoms with van der Waals surface area (Å²) in [6, 6.07) is 35.6. The van der Waals surface area contributed by atoms with Gasteiger partial charge in [0.1, 0.15) is 0 Å². The van der Waals surface area contributed by atoms with Crippen LogP contribution in [-0.2, 0) is 0 Å². The Kier molecular flexibility index (Phi) is 8.64. The summed E-state index contributed by atoms with van der Waals surface area (Å²) in [6.45, 7) is 4.00. The summed E-state index contributed by atoms with van der Waals surface area (Å²) >= 11 is 7.26. The summed E-state index contributed by atoms with van der Waals surface area (Å²) in [5.74, 6) is 0. The van der Waals surface area contributed by atoms with E-state index in [1.54, 1.807) is 0 Å². The molecule has 2 heterocycles. The Labute approximate surface area is 255 Å². The quantitative estimate of drug-likeness (QED) is 0.117. The number of rotatable bonds is 11. The Morgan fingerprint density at radius 2 is 0.525 bits per heavy atom. The summed E-state index contributed by atoms with van der Waals surface area (Å²) in [4.78, 5) is 10.1. The van der Waals surface area contributed by atoms with E-state index in [9.17, 15) is 0 Å². The third kappa shape index (κ3) is 5.24. The first-order valence-corrected chi connectivity index (χ1v) is 16.6. The van der Waals surface area contributed by atoms with Gasteiger partial charge in [0.2, 0.25) is 0 Å². The minimum absolute atomic E-state index is 0.995. The average molecular weight is 660 g/mol. The number of benzene rings is 4. The van der Waals surface area contributed by atoms with Crippen LogP contribution in [0.2, 0.25) is 0 Å². The maximum Gasteiger partial charge on any atom is 0.0652 e. The second-order valence-corrected chi connectivity index (χ2v) is 11.9. The van der Waals surface area contributed by atoms with Crippen LogP contribution in [0.4, 0.5) is 45.5 Å². The van der Waals surface area contributed by atoms with E-state index in [-0.39, 0.29) is 0 Å². The van der Waals surface area contributed by atoms with E-state index in [1.807, 2.05) is 0 Å². The highest BCUT2D eigenvalue weighted by Crippen LogP contribution is 2.49. The first-order valence-electron chi connectivity index (χ1n) is 14.4. The molecular formula is C34H36Br2N4. The van der Waals surface area contributed by atoms with Gasteiger partial charge in [-0.25, -0.2) is 0 Å². The van der Waals surface area contributed by atoms with Gasteiger partial charge in [-0.1, -0.05) is 80.4 Å². The summed E-state index contributed by atoms with van der Waals surface area (Å²) in [6.07, 6.45) is 4.43. The van der Waals surface area contributed by atoms with Crippen molar-refractivity contribution >= 4 is 77.4 Å². The van der Waals surface area contributed by atoms with Gasteiger partial charge in [0.05, 0.1) is 45.5 Å². The van der Waals surface area contributed by atoms with E-state index in [4.69, 9.17) is 0 Å². The third-order valence-electron chi connectivity index (χ3n) is 7.90. The molecule has 0 saturated heterocycles. The van der Waals surface area contributed by atoms with Gasteiger partial charge in [-0.3, -0.25) is 0 Å². The van der Waals surface area contributed by atoms with Crippen molar-refractivity contribution in [2.75, 3.05) is 56.4 Å². The van der Waals surface area contributed by atoms with Gasteiger partial charge in [-0.15, -0.1) is 0 Å². The van der Waals surface area contributed by atoms with Gasteiger partial charge in [-0.05, 0) is 74.2 Å². The molecule has 6 heteroatoms. The minimum atomic E-state index is 0.995. The molecule has 206 valence electrons. The van der Waals surface area contributed by atoms with E-state index in [1.165, 1.54) is 45.5 Å². The lowest BCUT2D eigenvalue weighted by Crippen LogP contribution is -2.32. The first-order chi connectivity index (χ1) is 19.8. The number of halogens is 2. The number of anilines is 8. The zero-order chi connectivity index (χ0) is 27.3. The van der Waals surface area contributed by atoms with Crippen LogP contribution in [0.5, 0.6) is 0 Å². The van der Waals surface area contributed by atoms with Crippen molar-refractivity contribution < 1.29 is 0 Å². The van der Waals surface area contributed by atoms with Crippen LogP contribution < -0.4 is 19.6 Å². The largest absolute Gasteiger partial charge is 0.338 e. The maximum atomic E-state index is 3.63. The molecule has 4 nitrogen and oxygen atoms in total. The number of para-hydroxylation sites is 8. The van der Waals surface area contributed by atoms with Gasteiger partial charge in [0, 0.05) is 36.8 Å². The lowest BCUT2D eigenvalue weighted by Gasteiger charge is -2.41. The van der Waals surface area contributed by atoms with Crippen molar-refractivity contribution in [1.29, 1.82) is 0 Å². The number of alkyl halides is 2. The predicted molar refractivity (Wildman–Crippen MR) is 180 cm³/mol. The van der Waals surface area contributed by atoms with Gasteiger partial charge < -0.3 is 19.6 Å². The van der Waals surface area contributed by atoms with Crippen LogP contribution in [0, 0.1) is 0 Å². The lowest BCUT2D eigenvalue weighted by atomic mass is 10.0. The van der Waals surface area contributed by atoms with E-state index in [0.717, 1.165) is 62.5 Å². The minimum Gasteiger partial charge on any atom is -0.338 e. The van der Waals surface area contributed by atoms with Crippen LogP contribution >= 0.6 is 31.9 Å². The highest BCUT2D eigenvalue weighted by atomic mass is 79.9. The van der Waals surface area contributed by atoms with E-state index < -0.39 is 0 Å².